The van der Waals surface area contributed by atoms with Crippen LogP contribution < -0.4 is 15.4 Å². The van der Waals surface area contributed by atoms with Gasteiger partial charge in [-0.05, 0) is 62.8 Å². The van der Waals surface area contributed by atoms with Gasteiger partial charge >= 0.3 is 6.01 Å². The quantitative estimate of drug-likeness (QED) is 0.332. The van der Waals surface area contributed by atoms with Crippen molar-refractivity contribution < 1.29 is 9.13 Å². The normalized spacial score (nSPS) is 23.5. The molecule has 0 amide bonds. The molecule has 2 atom stereocenters. The lowest BCUT2D eigenvalue weighted by Crippen LogP contribution is -2.43. The molecule has 202 valence electrons. The van der Waals surface area contributed by atoms with Gasteiger partial charge in [0.2, 0.25) is 0 Å². The SMILES string of the molecule is CC1CN2CCCC2(COc2nc(N3CCC=CCC3)c3cnc(-c4ccc(F)c5sc(N)nc45)cc3n2)C1. The van der Waals surface area contributed by atoms with Crippen LogP contribution in [-0.4, -0.2) is 63.2 Å². The summed E-state index contributed by atoms with van der Waals surface area (Å²) in [5, 5.41) is 1.20. The van der Waals surface area contributed by atoms with Crippen molar-refractivity contribution in [3.63, 3.8) is 0 Å². The third-order valence-corrected chi connectivity index (χ3v) is 9.29. The number of nitrogens with two attached hydrogens (primary N) is 1. The van der Waals surface area contributed by atoms with Crippen LogP contribution in [0.5, 0.6) is 6.01 Å². The average Bonchev–Trinajstić information content (AvgIpc) is 3.50. The van der Waals surface area contributed by atoms with Gasteiger partial charge in [0, 0.05) is 31.4 Å². The second-order valence-electron chi connectivity index (χ2n) is 11.1. The molecule has 2 N–H and O–H groups in total. The molecule has 0 radical (unpaired) electrons. The van der Waals surface area contributed by atoms with Crippen LogP contribution in [0.3, 0.4) is 0 Å². The number of nitrogen functional groups attached to an aromatic ring is 1. The maximum Gasteiger partial charge on any atom is 0.319 e. The molecule has 2 unspecified atom stereocenters. The van der Waals surface area contributed by atoms with E-state index in [1.165, 1.54) is 12.5 Å². The summed E-state index contributed by atoms with van der Waals surface area (Å²) in [6, 6.07) is 5.49. The highest BCUT2D eigenvalue weighted by Gasteiger charge is 2.47. The Hall–Kier alpha value is -3.37. The monoisotopic (exact) mass is 545 g/mol. The Morgan fingerprint density at radius 3 is 2.85 bits per heavy atom. The van der Waals surface area contributed by atoms with Crippen LogP contribution in [0.1, 0.15) is 39.0 Å². The summed E-state index contributed by atoms with van der Waals surface area (Å²) in [6.45, 7) is 6.94. The summed E-state index contributed by atoms with van der Waals surface area (Å²) in [6.07, 6.45) is 11.7. The van der Waals surface area contributed by atoms with Gasteiger partial charge in [-0.2, -0.15) is 9.97 Å². The number of pyridine rings is 1. The fourth-order valence-corrected chi connectivity index (χ4v) is 7.45. The van der Waals surface area contributed by atoms with E-state index in [1.54, 1.807) is 6.07 Å². The molecule has 0 aliphatic carbocycles. The number of anilines is 2. The molecule has 3 aliphatic rings. The second-order valence-corrected chi connectivity index (χ2v) is 12.2. The van der Waals surface area contributed by atoms with E-state index in [4.69, 9.17) is 25.4 Å². The summed E-state index contributed by atoms with van der Waals surface area (Å²) in [5.41, 5.74) is 8.67. The number of nitrogens with zero attached hydrogens (tertiary/aromatic N) is 6. The van der Waals surface area contributed by atoms with Crippen molar-refractivity contribution in [3.8, 4) is 17.3 Å². The summed E-state index contributed by atoms with van der Waals surface area (Å²) in [7, 11) is 0. The Balaban J connectivity index is 1.30. The lowest BCUT2D eigenvalue weighted by atomic mass is 9.92. The van der Waals surface area contributed by atoms with Gasteiger partial charge in [0.05, 0.1) is 32.4 Å². The van der Waals surface area contributed by atoms with E-state index in [1.807, 2.05) is 12.3 Å². The van der Waals surface area contributed by atoms with Gasteiger partial charge in [0.15, 0.2) is 5.13 Å². The van der Waals surface area contributed by atoms with Crippen LogP contribution in [-0.2, 0) is 0 Å². The zero-order valence-corrected chi connectivity index (χ0v) is 22.9. The largest absolute Gasteiger partial charge is 0.461 e. The van der Waals surface area contributed by atoms with Crippen molar-refractivity contribution >= 4 is 43.4 Å². The van der Waals surface area contributed by atoms with Gasteiger partial charge in [-0.1, -0.05) is 30.4 Å². The molecule has 3 aromatic heterocycles. The van der Waals surface area contributed by atoms with Crippen LogP contribution in [0.15, 0.2) is 36.5 Å². The zero-order chi connectivity index (χ0) is 26.6. The van der Waals surface area contributed by atoms with Crippen LogP contribution in [0.4, 0.5) is 15.3 Å². The number of thiazole rings is 1. The molecule has 1 aromatic carbocycles. The van der Waals surface area contributed by atoms with Crippen molar-refractivity contribution in [2.24, 2.45) is 5.92 Å². The Bertz CT molecular complexity index is 1580. The third kappa shape index (κ3) is 4.39. The maximum atomic E-state index is 14.5. The van der Waals surface area contributed by atoms with Gasteiger partial charge in [-0.15, -0.1) is 0 Å². The first kappa shape index (κ1) is 24.7. The predicted octanol–water partition coefficient (Wildman–Crippen LogP) is 5.43. The minimum Gasteiger partial charge on any atom is -0.461 e. The van der Waals surface area contributed by atoms with Crippen molar-refractivity contribution in [1.29, 1.82) is 0 Å². The van der Waals surface area contributed by atoms with Crippen LogP contribution in [0.25, 0.3) is 32.4 Å². The van der Waals surface area contributed by atoms with Crippen LogP contribution in [0.2, 0.25) is 0 Å². The maximum absolute atomic E-state index is 14.5. The molecule has 4 aromatic rings. The minimum atomic E-state index is -0.333. The Morgan fingerprint density at radius 1 is 1.15 bits per heavy atom. The van der Waals surface area contributed by atoms with Gasteiger partial charge in [0.25, 0.3) is 0 Å². The van der Waals surface area contributed by atoms with E-state index in [-0.39, 0.29) is 11.4 Å². The smallest absolute Gasteiger partial charge is 0.319 e. The molecule has 0 spiro atoms. The molecule has 7 rings (SSSR count). The molecule has 0 bridgehead atoms. The number of hydrogen-bond donors (Lipinski definition) is 1. The van der Waals surface area contributed by atoms with E-state index in [2.05, 4.69) is 33.9 Å². The molecular weight excluding hydrogens is 513 g/mol. The first-order chi connectivity index (χ1) is 19.0. The third-order valence-electron chi connectivity index (χ3n) is 8.40. The Labute approximate surface area is 230 Å². The fraction of sp³-hybridized carbons (Fsp3) is 0.448. The molecule has 10 heteroatoms. The van der Waals surface area contributed by atoms with Gasteiger partial charge in [-0.25, -0.2) is 9.37 Å². The highest BCUT2D eigenvalue weighted by molar-refractivity contribution is 7.22. The van der Waals surface area contributed by atoms with E-state index >= 15 is 0 Å². The van der Waals surface area contributed by atoms with Crippen molar-refractivity contribution in [2.75, 3.05) is 43.4 Å². The number of halogens is 1. The van der Waals surface area contributed by atoms with Gasteiger partial charge in [0.1, 0.15) is 18.2 Å². The number of fused-ring (bicyclic) bond motifs is 3. The number of ether oxygens (including phenoxy) is 1. The van der Waals surface area contributed by atoms with E-state index in [0.717, 1.165) is 85.5 Å². The molecule has 3 aliphatic heterocycles. The lowest BCUT2D eigenvalue weighted by molar-refractivity contribution is 0.107. The van der Waals surface area contributed by atoms with Crippen molar-refractivity contribution in [1.82, 2.24) is 24.8 Å². The topological polar surface area (TPSA) is 93.3 Å². The second kappa shape index (κ2) is 9.67. The number of hydrogen-bond acceptors (Lipinski definition) is 9. The average molecular weight is 546 g/mol. The number of rotatable bonds is 5. The fourth-order valence-electron chi connectivity index (χ4n) is 6.68. The Morgan fingerprint density at radius 2 is 2.00 bits per heavy atom. The predicted molar refractivity (Wildman–Crippen MR) is 154 cm³/mol. The van der Waals surface area contributed by atoms with E-state index in [0.29, 0.717) is 39.6 Å². The van der Waals surface area contributed by atoms with E-state index < -0.39 is 0 Å². The highest BCUT2D eigenvalue weighted by Crippen LogP contribution is 2.42. The number of aromatic nitrogens is 4. The van der Waals surface area contributed by atoms with Crippen LogP contribution >= 0.6 is 11.3 Å². The zero-order valence-electron chi connectivity index (χ0n) is 22.1. The molecular formula is C29H32FN7OS. The molecule has 6 heterocycles. The van der Waals surface area contributed by atoms with Gasteiger partial charge < -0.3 is 15.4 Å². The van der Waals surface area contributed by atoms with Crippen molar-refractivity contribution in [2.45, 2.75) is 44.6 Å². The first-order valence-corrected chi connectivity index (χ1v) is 14.6. The van der Waals surface area contributed by atoms with Crippen molar-refractivity contribution in [3.05, 3.63) is 42.4 Å². The molecule has 8 nitrogen and oxygen atoms in total. The summed E-state index contributed by atoms with van der Waals surface area (Å²) >= 11 is 1.14. The highest BCUT2D eigenvalue weighted by atomic mass is 32.1. The minimum absolute atomic E-state index is 0.0814. The van der Waals surface area contributed by atoms with E-state index in [9.17, 15) is 4.39 Å². The van der Waals surface area contributed by atoms with Crippen LogP contribution in [0, 0.1) is 11.7 Å². The summed E-state index contributed by atoms with van der Waals surface area (Å²) in [5.74, 6) is 1.19. The molecule has 39 heavy (non-hydrogen) atoms. The molecule has 0 saturated carbocycles. The van der Waals surface area contributed by atoms with Gasteiger partial charge in [-0.3, -0.25) is 9.88 Å². The first-order valence-electron chi connectivity index (χ1n) is 13.8. The number of benzene rings is 1. The lowest BCUT2D eigenvalue weighted by Gasteiger charge is -2.31. The Kier molecular flexibility index (Phi) is 6.12. The summed E-state index contributed by atoms with van der Waals surface area (Å²) < 4.78 is 21.3. The molecule has 2 fully saturated rings. The standard InChI is InChI=1S/C29H32FN7OS/c1-18-14-29(9-6-12-37(29)16-18)17-38-28-33-23-13-22(19-7-8-21(30)25-24(19)34-27(31)39-25)32-15-20(23)26(35-28)36-10-4-2-3-5-11-36/h2-3,7-8,13,15,18H,4-6,9-12,14,16-17H2,1H3,(H2,31,34). The molecule has 2 saturated heterocycles. The summed E-state index contributed by atoms with van der Waals surface area (Å²) in [4.78, 5) is 23.9.